The molecule has 1 aliphatic heterocycles. The van der Waals surface area contributed by atoms with Gasteiger partial charge in [-0.15, -0.1) is 0 Å². The van der Waals surface area contributed by atoms with Gasteiger partial charge in [0.1, 0.15) is 4.64 Å². The third-order valence-corrected chi connectivity index (χ3v) is 6.56. The molecular formula is C23H25N7OS. The molecule has 9 heteroatoms. The average Bonchev–Trinajstić information content (AvgIpc) is 3.33. The predicted molar refractivity (Wildman–Crippen MR) is 128 cm³/mol. The fourth-order valence-corrected chi connectivity index (χ4v) is 4.52. The molecule has 0 amide bonds. The van der Waals surface area contributed by atoms with E-state index in [1.165, 1.54) is 15.8 Å². The molecule has 0 radical (unpaired) electrons. The van der Waals surface area contributed by atoms with Crippen molar-refractivity contribution in [1.82, 2.24) is 29.2 Å². The largest absolute Gasteiger partial charge is 0.368 e. The van der Waals surface area contributed by atoms with Gasteiger partial charge in [-0.3, -0.25) is 9.47 Å². The van der Waals surface area contributed by atoms with Crippen molar-refractivity contribution in [2.45, 2.75) is 13.5 Å². The first kappa shape index (κ1) is 20.6. The maximum Gasteiger partial charge on any atom is 0.326 e. The lowest BCUT2D eigenvalue weighted by Gasteiger charge is -2.36. The summed E-state index contributed by atoms with van der Waals surface area (Å²) in [6.07, 6.45) is 3.66. The van der Waals surface area contributed by atoms with Crippen LogP contribution in [0.1, 0.15) is 11.3 Å². The number of hydrogen-bond acceptors (Lipinski definition) is 6. The molecule has 0 spiro atoms. The zero-order valence-electron chi connectivity index (χ0n) is 18.2. The van der Waals surface area contributed by atoms with Crippen LogP contribution in [0.15, 0.2) is 53.6 Å². The van der Waals surface area contributed by atoms with E-state index in [9.17, 15) is 4.79 Å². The van der Waals surface area contributed by atoms with E-state index in [-0.39, 0.29) is 5.69 Å². The number of nitrogens with zero attached hydrogens (tertiary/aromatic N) is 6. The second-order valence-corrected chi connectivity index (χ2v) is 8.55. The van der Waals surface area contributed by atoms with E-state index in [1.807, 2.05) is 30.5 Å². The number of pyridine rings is 1. The van der Waals surface area contributed by atoms with E-state index in [1.54, 1.807) is 17.9 Å². The first-order chi connectivity index (χ1) is 15.5. The molecule has 1 aliphatic rings. The summed E-state index contributed by atoms with van der Waals surface area (Å²) < 4.78 is 3.81. The molecule has 0 aliphatic carbocycles. The summed E-state index contributed by atoms with van der Waals surface area (Å²) in [6, 6.07) is 12.2. The molecule has 4 aromatic rings. The molecule has 4 heterocycles. The summed E-state index contributed by atoms with van der Waals surface area (Å²) >= 11 is 5.41. The van der Waals surface area contributed by atoms with E-state index < -0.39 is 0 Å². The van der Waals surface area contributed by atoms with E-state index in [2.05, 4.69) is 38.9 Å². The summed E-state index contributed by atoms with van der Waals surface area (Å²) in [4.78, 5) is 24.6. The van der Waals surface area contributed by atoms with Crippen molar-refractivity contribution in [2.24, 2.45) is 7.05 Å². The van der Waals surface area contributed by atoms with Crippen LogP contribution in [-0.4, -0.2) is 55.4 Å². The van der Waals surface area contributed by atoms with Crippen LogP contribution >= 0.6 is 12.2 Å². The lowest BCUT2D eigenvalue weighted by atomic mass is 10.1. The zero-order valence-corrected chi connectivity index (χ0v) is 19.0. The molecular weight excluding hydrogens is 422 g/mol. The third-order valence-electron chi connectivity index (χ3n) is 6.07. The number of hydrogen-bond donors (Lipinski definition) is 1. The van der Waals surface area contributed by atoms with Crippen LogP contribution < -0.4 is 10.6 Å². The standard InChI is InChI=1S/C23H25N7OS/c1-16-20(6-7-21(25-16)30-9-3-8-24-30)29-12-10-28(11-13-29)15-17-4-5-18-19(14-17)26-23(31)27(2)22(18)32/h3-9,14H,10-13,15H2,1-2H3,(H,26,31). The number of rotatable bonds is 4. The Labute approximate surface area is 190 Å². The van der Waals surface area contributed by atoms with Crippen LogP contribution in [0.5, 0.6) is 0 Å². The van der Waals surface area contributed by atoms with Crippen molar-refractivity contribution in [3.8, 4) is 5.82 Å². The summed E-state index contributed by atoms with van der Waals surface area (Å²) in [7, 11) is 1.69. The van der Waals surface area contributed by atoms with Crippen molar-refractivity contribution in [1.29, 1.82) is 0 Å². The number of anilines is 1. The van der Waals surface area contributed by atoms with Gasteiger partial charge in [-0.2, -0.15) is 5.10 Å². The Balaban J connectivity index is 1.27. The average molecular weight is 448 g/mol. The highest BCUT2D eigenvalue weighted by Gasteiger charge is 2.19. The molecule has 5 rings (SSSR count). The quantitative estimate of drug-likeness (QED) is 0.485. The molecule has 1 saturated heterocycles. The molecule has 0 unspecified atom stereocenters. The normalized spacial score (nSPS) is 14.9. The van der Waals surface area contributed by atoms with Gasteiger partial charge < -0.3 is 9.88 Å². The van der Waals surface area contributed by atoms with Crippen LogP contribution in [0.3, 0.4) is 0 Å². The summed E-state index contributed by atoms with van der Waals surface area (Å²) in [5.41, 5.74) is 3.97. The van der Waals surface area contributed by atoms with Crippen LogP contribution in [0.4, 0.5) is 5.69 Å². The Bertz CT molecular complexity index is 1380. The lowest BCUT2D eigenvalue weighted by molar-refractivity contribution is 0.250. The minimum atomic E-state index is -0.184. The highest BCUT2D eigenvalue weighted by molar-refractivity contribution is 7.71. The van der Waals surface area contributed by atoms with Gasteiger partial charge in [-0.1, -0.05) is 18.3 Å². The highest BCUT2D eigenvalue weighted by atomic mass is 32.1. The molecule has 0 saturated carbocycles. The van der Waals surface area contributed by atoms with Gasteiger partial charge in [0.2, 0.25) is 0 Å². The number of fused-ring (bicyclic) bond motifs is 1. The monoisotopic (exact) mass is 447 g/mol. The number of aromatic amines is 1. The van der Waals surface area contributed by atoms with Crippen molar-refractivity contribution < 1.29 is 0 Å². The van der Waals surface area contributed by atoms with Crippen molar-refractivity contribution in [3.63, 3.8) is 0 Å². The Morgan fingerprint density at radius 2 is 1.94 bits per heavy atom. The van der Waals surface area contributed by atoms with Gasteiger partial charge in [-0.25, -0.2) is 14.5 Å². The number of nitrogens with one attached hydrogen (secondary N) is 1. The molecule has 0 atom stereocenters. The maximum atomic E-state index is 12.1. The fourth-order valence-electron chi connectivity index (χ4n) is 4.26. The van der Waals surface area contributed by atoms with Gasteiger partial charge in [-0.05, 0) is 42.8 Å². The summed E-state index contributed by atoms with van der Waals surface area (Å²) in [5.74, 6) is 0.833. The second-order valence-electron chi connectivity index (χ2n) is 8.16. The first-order valence-corrected chi connectivity index (χ1v) is 11.1. The fraction of sp³-hybridized carbons (Fsp3) is 0.304. The van der Waals surface area contributed by atoms with Crippen molar-refractivity contribution in [3.05, 3.63) is 75.2 Å². The lowest BCUT2D eigenvalue weighted by Crippen LogP contribution is -2.46. The molecule has 1 fully saturated rings. The second kappa shape index (κ2) is 8.33. The summed E-state index contributed by atoms with van der Waals surface area (Å²) in [5, 5.41) is 5.16. The number of aromatic nitrogens is 5. The Morgan fingerprint density at radius 3 is 2.66 bits per heavy atom. The number of H-pyrrole nitrogens is 1. The highest BCUT2D eigenvalue weighted by Crippen LogP contribution is 2.22. The van der Waals surface area contributed by atoms with Crippen molar-refractivity contribution in [2.75, 3.05) is 31.1 Å². The van der Waals surface area contributed by atoms with Crippen molar-refractivity contribution >= 4 is 28.8 Å². The number of benzene rings is 1. The molecule has 32 heavy (non-hydrogen) atoms. The molecule has 3 aromatic heterocycles. The van der Waals surface area contributed by atoms with Gasteiger partial charge in [0, 0.05) is 57.6 Å². The van der Waals surface area contributed by atoms with Crippen LogP contribution in [0.25, 0.3) is 16.7 Å². The molecule has 0 bridgehead atoms. The molecule has 164 valence electrons. The Hall–Kier alpha value is -3.30. The van der Waals surface area contributed by atoms with Crippen LogP contribution in [-0.2, 0) is 13.6 Å². The van der Waals surface area contributed by atoms with Gasteiger partial charge >= 0.3 is 5.69 Å². The minimum absolute atomic E-state index is 0.184. The minimum Gasteiger partial charge on any atom is -0.368 e. The van der Waals surface area contributed by atoms with E-state index >= 15 is 0 Å². The maximum absolute atomic E-state index is 12.1. The Morgan fingerprint density at radius 1 is 1.12 bits per heavy atom. The zero-order chi connectivity index (χ0) is 22.2. The van der Waals surface area contributed by atoms with Crippen LogP contribution in [0.2, 0.25) is 0 Å². The smallest absolute Gasteiger partial charge is 0.326 e. The molecule has 1 N–H and O–H groups in total. The van der Waals surface area contributed by atoms with Gasteiger partial charge in [0.05, 0.1) is 16.9 Å². The SMILES string of the molecule is Cc1nc(-n2cccn2)ccc1N1CCN(Cc2ccc3c(=S)n(C)c(=O)[nH]c3c2)CC1. The topological polar surface area (TPSA) is 75.0 Å². The molecule has 1 aromatic carbocycles. The summed E-state index contributed by atoms with van der Waals surface area (Å²) in [6.45, 7) is 6.71. The number of piperazine rings is 1. The Kier molecular flexibility index (Phi) is 5.36. The molecule has 8 nitrogen and oxygen atoms in total. The van der Waals surface area contributed by atoms with E-state index in [4.69, 9.17) is 17.2 Å². The van der Waals surface area contributed by atoms with E-state index in [0.29, 0.717) is 4.64 Å². The first-order valence-electron chi connectivity index (χ1n) is 10.7. The number of aryl methyl sites for hydroxylation is 1. The van der Waals surface area contributed by atoms with Gasteiger partial charge in [0.15, 0.2) is 5.82 Å². The third kappa shape index (κ3) is 3.85. The van der Waals surface area contributed by atoms with E-state index in [0.717, 1.165) is 55.1 Å². The van der Waals surface area contributed by atoms with Gasteiger partial charge in [0.25, 0.3) is 0 Å². The predicted octanol–water partition coefficient (Wildman–Crippen LogP) is 2.81. The van der Waals surface area contributed by atoms with Crippen LogP contribution in [0, 0.1) is 11.6 Å².